The molecule has 0 amide bonds. The predicted molar refractivity (Wildman–Crippen MR) is 67.1 cm³/mol. The van der Waals surface area contributed by atoms with E-state index in [0.29, 0.717) is 5.56 Å². The van der Waals surface area contributed by atoms with Gasteiger partial charge >= 0.3 is 5.97 Å². The highest BCUT2D eigenvalue weighted by molar-refractivity contribution is 5.87. The van der Waals surface area contributed by atoms with Crippen LogP contribution in [0.3, 0.4) is 0 Å². The summed E-state index contributed by atoms with van der Waals surface area (Å²) in [5, 5.41) is 8.94. The molecule has 0 radical (unpaired) electrons. The van der Waals surface area contributed by atoms with Crippen molar-refractivity contribution in [3.63, 3.8) is 0 Å². The third kappa shape index (κ3) is 3.56. The topological polar surface area (TPSA) is 40.5 Å². The zero-order valence-electron chi connectivity index (χ0n) is 10.2. The maximum absolute atomic E-state index is 10.9. The maximum Gasteiger partial charge on any atom is 0.335 e. The lowest BCUT2D eigenvalue weighted by Gasteiger charge is -2.20. The van der Waals surface area contributed by atoms with Gasteiger partial charge in [0.25, 0.3) is 0 Å². The van der Waals surface area contributed by atoms with Crippen LogP contribution >= 0.6 is 0 Å². The number of hydrogen-bond acceptors (Lipinski definition) is 2. The summed E-state index contributed by atoms with van der Waals surface area (Å²) in [7, 11) is 0. The summed E-state index contributed by atoms with van der Waals surface area (Å²) in [5.74, 6) is 0.0229. The first kappa shape index (κ1) is 12.1. The minimum Gasteiger partial charge on any atom is -0.478 e. The molecule has 1 aliphatic rings. The Kier molecular flexibility index (Phi) is 3.79. The fourth-order valence-corrected chi connectivity index (χ4v) is 2.03. The molecule has 0 saturated heterocycles. The zero-order valence-corrected chi connectivity index (χ0v) is 10.2. The Bertz CT molecular complexity index is 399. The van der Waals surface area contributed by atoms with Gasteiger partial charge in [0, 0.05) is 13.1 Å². The third-order valence-electron chi connectivity index (χ3n) is 3.24. The summed E-state index contributed by atoms with van der Waals surface area (Å²) in [6.45, 7) is 5.18. The Balaban J connectivity index is 2.00. The predicted octanol–water partition coefficient (Wildman–Crippen LogP) is 2.62. The first-order chi connectivity index (χ1) is 8.19. The largest absolute Gasteiger partial charge is 0.478 e. The molecule has 1 aliphatic carbocycles. The molecule has 1 aromatic carbocycles. The number of rotatable bonds is 6. The number of carboxylic acid groups (broad SMARTS) is 1. The Morgan fingerprint density at radius 3 is 2.82 bits per heavy atom. The average Bonchev–Trinajstić information content (AvgIpc) is 3.12. The molecule has 0 aliphatic heterocycles. The van der Waals surface area contributed by atoms with Crippen LogP contribution in [0.4, 0.5) is 0 Å². The van der Waals surface area contributed by atoms with Crippen molar-refractivity contribution in [1.82, 2.24) is 4.90 Å². The molecule has 0 spiro atoms. The van der Waals surface area contributed by atoms with Crippen molar-refractivity contribution >= 4 is 5.97 Å². The molecule has 2 rings (SSSR count). The van der Waals surface area contributed by atoms with Crippen molar-refractivity contribution < 1.29 is 9.90 Å². The lowest BCUT2D eigenvalue weighted by molar-refractivity contribution is 0.0696. The van der Waals surface area contributed by atoms with Gasteiger partial charge in [-0.3, -0.25) is 4.90 Å². The minimum atomic E-state index is -0.850. The summed E-state index contributed by atoms with van der Waals surface area (Å²) in [5.41, 5.74) is 1.47. The van der Waals surface area contributed by atoms with E-state index >= 15 is 0 Å². The molecule has 0 bridgehead atoms. The smallest absolute Gasteiger partial charge is 0.335 e. The lowest BCUT2D eigenvalue weighted by Crippen LogP contribution is -2.25. The zero-order chi connectivity index (χ0) is 12.3. The van der Waals surface area contributed by atoms with Crippen LogP contribution in [0.5, 0.6) is 0 Å². The highest BCUT2D eigenvalue weighted by atomic mass is 16.4. The molecule has 3 nitrogen and oxygen atoms in total. The summed E-state index contributed by atoms with van der Waals surface area (Å²) in [6.07, 6.45) is 2.71. The lowest BCUT2D eigenvalue weighted by atomic mass is 10.1. The molecule has 92 valence electrons. The van der Waals surface area contributed by atoms with Crippen LogP contribution in [0, 0.1) is 5.92 Å². The summed E-state index contributed by atoms with van der Waals surface area (Å²) < 4.78 is 0. The van der Waals surface area contributed by atoms with E-state index in [2.05, 4.69) is 11.8 Å². The van der Waals surface area contributed by atoms with Crippen LogP contribution in [-0.4, -0.2) is 29.1 Å². The molecule has 0 aromatic heterocycles. The molecule has 1 N–H and O–H groups in total. The molecule has 17 heavy (non-hydrogen) atoms. The maximum atomic E-state index is 10.9. The average molecular weight is 233 g/mol. The summed E-state index contributed by atoms with van der Waals surface area (Å²) in [4.78, 5) is 13.3. The van der Waals surface area contributed by atoms with Crippen LogP contribution in [0.2, 0.25) is 0 Å². The molecule has 3 heteroatoms. The van der Waals surface area contributed by atoms with Gasteiger partial charge in [-0.15, -0.1) is 0 Å². The van der Waals surface area contributed by atoms with Crippen molar-refractivity contribution in [2.45, 2.75) is 26.3 Å². The van der Waals surface area contributed by atoms with E-state index in [9.17, 15) is 4.79 Å². The molecule has 1 saturated carbocycles. The van der Waals surface area contributed by atoms with E-state index in [1.807, 2.05) is 12.1 Å². The SMILES string of the molecule is CCN(Cc1cccc(C(=O)O)c1)CC1CC1. The van der Waals surface area contributed by atoms with Gasteiger partial charge in [-0.25, -0.2) is 4.79 Å². The van der Waals surface area contributed by atoms with Crippen molar-refractivity contribution in [3.8, 4) is 0 Å². The van der Waals surface area contributed by atoms with Gasteiger partial charge in [0.15, 0.2) is 0 Å². The molecule has 0 atom stereocenters. The van der Waals surface area contributed by atoms with Gasteiger partial charge in [0.2, 0.25) is 0 Å². The summed E-state index contributed by atoms with van der Waals surface area (Å²) >= 11 is 0. The van der Waals surface area contributed by atoms with Crippen molar-refractivity contribution in [1.29, 1.82) is 0 Å². The first-order valence-electron chi connectivity index (χ1n) is 6.23. The number of aromatic carboxylic acids is 1. The van der Waals surface area contributed by atoms with Crippen molar-refractivity contribution in [2.75, 3.05) is 13.1 Å². The van der Waals surface area contributed by atoms with E-state index in [1.54, 1.807) is 12.1 Å². The van der Waals surface area contributed by atoms with Gasteiger partial charge < -0.3 is 5.11 Å². The highest BCUT2D eigenvalue weighted by Crippen LogP contribution is 2.30. The molecule has 1 fully saturated rings. The number of benzene rings is 1. The molecular weight excluding hydrogens is 214 g/mol. The second-order valence-electron chi connectivity index (χ2n) is 4.78. The van der Waals surface area contributed by atoms with E-state index in [1.165, 1.54) is 12.8 Å². The second-order valence-corrected chi connectivity index (χ2v) is 4.78. The van der Waals surface area contributed by atoms with Crippen molar-refractivity contribution in [2.24, 2.45) is 5.92 Å². The Morgan fingerprint density at radius 1 is 1.47 bits per heavy atom. The fourth-order valence-electron chi connectivity index (χ4n) is 2.03. The third-order valence-corrected chi connectivity index (χ3v) is 3.24. The minimum absolute atomic E-state index is 0.380. The molecule has 1 aromatic rings. The van der Waals surface area contributed by atoms with Crippen LogP contribution in [0.15, 0.2) is 24.3 Å². The van der Waals surface area contributed by atoms with Crippen LogP contribution in [-0.2, 0) is 6.54 Å². The normalized spacial score (nSPS) is 15.2. The first-order valence-corrected chi connectivity index (χ1v) is 6.23. The Morgan fingerprint density at radius 2 is 2.24 bits per heavy atom. The van der Waals surface area contributed by atoms with Gasteiger partial charge in [-0.2, -0.15) is 0 Å². The molecular formula is C14H19NO2. The standard InChI is InChI=1S/C14H19NO2/c1-2-15(9-11-6-7-11)10-12-4-3-5-13(8-12)14(16)17/h3-5,8,11H,2,6-7,9-10H2,1H3,(H,16,17). The number of carbonyl (C=O) groups is 1. The van der Waals surface area contributed by atoms with Crippen LogP contribution < -0.4 is 0 Å². The van der Waals surface area contributed by atoms with Gasteiger partial charge in [0.05, 0.1) is 5.56 Å². The number of carboxylic acids is 1. The van der Waals surface area contributed by atoms with E-state index < -0.39 is 5.97 Å². The number of nitrogens with zero attached hydrogens (tertiary/aromatic N) is 1. The van der Waals surface area contributed by atoms with Gasteiger partial charge in [-0.05, 0) is 43.0 Å². The fraction of sp³-hybridized carbons (Fsp3) is 0.500. The quantitative estimate of drug-likeness (QED) is 0.821. The van der Waals surface area contributed by atoms with E-state index in [0.717, 1.165) is 31.1 Å². The summed E-state index contributed by atoms with van der Waals surface area (Å²) in [6, 6.07) is 7.24. The highest BCUT2D eigenvalue weighted by Gasteiger charge is 2.23. The van der Waals surface area contributed by atoms with E-state index in [-0.39, 0.29) is 0 Å². The van der Waals surface area contributed by atoms with Gasteiger partial charge in [-0.1, -0.05) is 19.1 Å². The van der Waals surface area contributed by atoms with Crippen LogP contribution in [0.1, 0.15) is 35.7 Å². The monoisotopic (exact) mass is 233 g/mol. The van der Waals surface area contributed by atoms with Crippen molar-refractivity contribution in [3.05, 3.63) is 35.4 Å². The van der Waals surface area contributed by atoms with Crippen LogP contribution in [0.25, 0.3) is 0 Å². The Labute approximate surface area is 102 Å². The Hall–Kier alpha value is -1.35. The second kappa shape index (κ2) is 5.32. The molecule has 0 unspecified atom stereocenters. The number of hydrogen-bond donors (Lipinski definition) is 1. The van der Waals surface area contributed by atoms with Gasteiger partial charge in [0.1, 0.15) is 0 Å². The van der Waals surface area contributed by atoms with E-state index in [4.69, 9.17) is 5.11 Å². The molecule has 0 heterocycles.